The molecule has 0 radical (unpaired) electrons. The molecule has 0 aliphatic heterocycles. The first kappa shape index (κ1) is 13.5. The van der Waals surface area contributed by atoms with Crippen molar-refractivity contribution in [2.75, 3.05) is 0 Å². The van der Waals surface area contributed by atoms with E-state index in [4.69, 9.17) is 11.2 Å². The van der Waals surface area contributed by atoms with Crippen molar-refractivity contribution in [3.8, 4) is 29.2 Å². The minimum atomic E-state index is 0.555. The van der Waals surface area contributed by atoms with E-state index in [-0.39, 0.29) is 0 Å². The van der Waals surface area contributed by atoms with Crippen LogP contribution in [-0.4, -0.2) is 0 Å². The van der Waals surface area contributed by atoms with Crippen LogP contribution in [0.15, 0.2) is 65.4 Å². The molecule has 0 atom stereocenters. The summed E-state index contributed by atoms with van der Waals surface area (Å²) in [4.78, 5) is 0. The molecular formula is C19H14OS. The molecule has 2 aromatic carbocycles. The predicted molar refractivity (Wildman–Crippen MR) is 88.5 cm³/mol. The van der Waals surface area contributed by atoms with Crippen LogP contribution in [0.4, 0.5) is 0 Å². The maximum Gasteiger partial charge on any atom is 0.120 e. The zero-order valence-corrected chi connectivity index (χ0v) is 12.3. The van der Waals surface area contributed by atoms with Crippen molar-refractivity contribution in [2.45, 2.75) is 6.61 Å². The molecule has 0 bridgehead atoms. The van der Waals surface area contributed by atoms with E-state index in [2.05, 4.69) is 29.5 Å². The van der Waals surface area contributed by atoms with Crippen LogP contribution in [-0.2, 0) is 6.61 Å². The second-order valence-corrected chi connectivity index (χ2v) is 5.42. The fraction of sp³-hybridized carbons (Fsp3) is 0.0526. The molecule has 0 spiro atoms. The third-order valence-corrected chi connectivity index (χ3v) is 3.91. The Morgan fingerprint density at radius 2 is 1.90 bits per heavy atom. The molecular weight excluding hydrogens is 276 g/mol. The van der Waals surface area contributed by atoms with Gasteiger partial charge in [-0.05, 0) is 46.2 Å². The molecule has 0 N–H and O–H groups in total. The highest BCUT2D eigenvalue weighted by Gasteiger charge is 2.06. The van der Waals surface area contributed by atoms with Gasteiger partial charge < -0.3 is 4.74 Å². The maximum atomic E-state index is 5.87. The quantitative estimate of drug-likeness (QED) is 0.616. The van der Waals surface area contributed by atoms with Gasteiger partial charge in [0.05, 0.1) is 0 Å². The fourth-order valence-corrected chi connectivity index (χ4v) is 2.79. The van der Waals surface area contributed by atoms with Crippen molar-refractivity contribution in [3.63, 3.8) is 0 Å². The van der Waals surface area contributed by atoms with E-state index in [1.54, 1.807) is 11.3 Å². The van der Waals surface area contributed by atoms with E-state index in [1.807, 2.05) is 41.8 Å². The lowest BCUT2D eigenvalue weighted by molar-refractivity contribution is 0.306. The summed E-state index contributed by atoms with van der Waals surface area (Å²) in [6, 6.07) is 18.1. The third-order valence-electron chi connectivity index (χ3n) is 3.23. The molecule has 3 aromatic rings. The Kier molecular flexibility index (Phi) is 4.04. The molecule has 2 heteroatoms. The van der Waals surface area contributed by atoms with Crippen molar-refractivity contribution in [3.05, 3.63) is 76.5 Å². The number of benzene rings is 2. The fourth-order valence-electron chi connectivity index (χ4n) is 2.14. The van der Waals surface area contributed by atoms with Crippen LogP contribution in [0.3, 0.4) is 0 Å². The molecule has 0 unspecified atom stereocenters. The smallest absolute Gasteiger partial charge is 0.120 e. The molecule has 3 rings (SSSR count). The van der Waals surface area contributed by atoms with Gasteiger partial charge in [0.1, 0.15) is 12.4 Å². The summed E-state index contributed by atoms with van der Waals surface area (Å²) >= 11 is 1.66. The molecule has 0 aliphatic rings. The molecule has 102 valence electrons. The zero-order valence-electron chi connectivity index (χ0n) is 11.5. The van der Waals surface area contributed by atoms with Crippen LogP contribution in [0.2, 0.25) is 0 Å². The Morgan fingerprint density at radius 1 is 1.05 bits per heavy atom. The molecule has 1 aromatic heterocycles. The van der Waals surface area contributed by atoms with Crippen molar-refractivity contribution >= 4 is 11.3 Å². The number of terminal acetylenes is 1. The van der Waals surface area contributed by atoms with Gasteiger partial charge in [-0.1, -0.05) is 36.3 Å². The minimum Gasteiger partial charge on any atom is -0.489 e. The first-order valence-corrected chi connectivity index (χ1v) is 7.61. The number of rotatable bonds is 4. The van der Waals surface area contributed by atoms with Crippen LogP contribution >= 0.6 is 11.3 Å². The summed E-state index contributed by atoms with van der Waals surface area (Å²) in [6.45, 7) is 0.555. The Labute approximate surface area is 128 Å². The summed E-state index contributed by atoms with van der Waals surface area (Å²) < 4.78 is 5.87. The zero-order chi connectivity index (χ0) is 14.5. The van der Waals surface area contributed by atoms with Crippen molar-refractivity contribution in [1.82, 2.24) is 0 Å². The van der Waals surface area contributed by atoms with Crippen molar-refractivity contribution in [1.29, 1.82) is 0 Å². The van der Waals surface area contributed by atoms with Crippen molar-refractivity contribution < 1.29 is 4.74 Å². The SMILES string of the molecule is C#Cc1ccc(OCc2ccccc2)cc1-c1ccsc1. The largest absolute Gasteiger partial charge is 0.489 e. The normalized spacial score (nSPS) is 10.0. The summed E-state index contributed by atoms with van der Waals surface area (Å²) in [5, 5.41) is 4.14. The lowest BCUT2D eigenvalue weighted by Crippen LogP contribution is -1.95. The van der Waals surface area contributed by atoms with E-state index in [0.29, 0.717) is 6.61 Å². The van der Waals surface area contributed by atoms with Gasteiger partial charge in [-0.25, -0.2) is 0 Å². The van der Waals surface area contributed by atoms with Crippen molar-refractivity contribution in [2.24, 2.45) is 0 Å². The summed E-state index contributed by atoms with van der Waals surface area (Å²) in [5.74, 6) is 3.57. The first-order chi connectivity index (χ1) is 10.4. The van der Waals surface area contributed by atoms with Gasteiger partial charge >= 0.3 is 0 Å². The van der Waals surface area contributed by atoms with Gasteiger partial charge in [-0.3, -0.25) is 0 Å². The van der Waals surface area contributed by atoms with Crippen LogP contribution in [0.25, 0.3) is 11.1 Å². The molecule has 0 aliphatic carbocycles. The molecule has 1 nitrogen and oxygen atoms in total. The van der Waals surface area contributed by atoms with Crippen LogP contribution in [0.5, 0.6) is 5.75 Å². The topological polar surface area (TPSA) is 9.23 Å². The van der Waals surface area contributed by atoms with E-state index < -0.39 is 0 Å². The van der Waals surface area contributed by atoms with Gasteiger partial charge in [0.2, 0.25) is 0 Å². The Bertz CT molecular complexity index is 752. The number of hydrogen-bond donors (Lipinski definition) is 0. The molecule has 0 saturated heterocycles. The summed E-state index contributed by atoms with van der Waals surface area (Å²) in [5.41, 5.74) is 4.22. The second-order valence-electron chi connectivity index (χ2n) is 4.64. The Balaban J connectivity index is 1.84. The highest BCUT2D eigenvalue weighted by molar-refractivity contribution is 7.08. The Hall–Kier alpha value is -2.50. The van der Waals surface area contributed by atoms with Gasteiger partial charge in [0.25, 0.3) is 0 Å². The maximum absolute atomic E-state index is 5.87. The van der Waals surface area contributed by atoms with Gasteiger partial charge in [-0.2, -0.15) is 11.3 Å². The molecule has 1 heterocycles. The summed E-state index contributed by atoms with van der Waals surface area (Å²) in [6.07, 6.45) is 5.58. The van der Waals surface area contributed by atoms with Gasteiger partial charge in [0, 0.05) is 11.1 Å². The highest BCUT2D eigenvalue weighted by Crippen LogP contribution is 2.29. The molecule has 0 amide bonds. The van der Waals surface area contributed by atoms with E-state index in [9.17, 15) is 0 Å². The highest BCUT2D eigenvalue weighted by atomic mass is 32.1. The van der Waals surface area contributed by atoms with E-state index in [1.165, 1.54) is 0 Å². The Morgan fingerprint density at radius 3 is 2.62 bits per heavy atom. The average Bonchev–Trinajstić information content (AvgIpc) is 3.08. The van der Waals surface area contributed by atoms with Gasteiger partial charge in [0.15, 0.2) is 0 Å². The molecule has 0 fully saturated rings. The lowest BCUT2D eigenvalue weighted by atomic mass is 10.0. The number of thiophene rings is 1. The average molecular weight is 290 g/mol. The monoisotopic (exact) mass is 290 g/mol. The van der Waals surface area contributed by atoms with Crippen LogP contribution in [0.1, 0.15) is 11.1 Å². The predicted octanol–water partition coefficient (Wildman–Crippen LogP) is 4.98. The van der Waals surface area contributed by atoms with E-state index >= 15 is 0 Å². The molecule has 21 heavy (non-hydrogen) atoms. The lowest BCUT2D eigenvalue weighted by Gasteiger charge is -2.09. The number of ether oxygens (including phenoxy) is 1. The molecule has 0 saturated carbocycles. The number of hydrogen-bond acceptors (Lipinski definition) is 2. The van der Waals surface area contributed by atoms with Crippen LogP contribution < -0.4 is 4.74 Å². The van der Waals surface area contributed by atoms with E-state index in [0.717, 1.165) is 28.0 Å². The first-order valence-electron chi connectivity index (χ1n) is 6.67. The second kappa shape index (κ2) is 6.30. The summed E-state index contributed by atoms with van der Waals surface area (Å²) in [7, 11) is 0. The third kappa shape index (κ3) is 3.16. The van der Waals surface area contributed by atoms with Gasteiger partial charge in [-0.15, -0.1) is 6.42 Å². The van der Waals surface area contributed by atoms with Crippen LogP contribution in [0, 0.1) is 12.3 Å². The minimum absolute atomic E-state index is 0.555. The standard InChI is InChI=1S/C19H14OS/c1-2-16-8-9-18(12-19(16)17-10-11-21-14-17)20-13-15-6-4-3-5-7-15/h1,3-12,14H,13H2.